The Morgan fingerprint density at radius 2 is 1.68 bits per heavy atom. The van der Waals surface area contributed by atoms with E-state index in [9.17, 15) is 9.59 Å². The molecule has 1 aliphatic heterocycles. The fraction of sp³-hybridized carbons (Fsp3) is 0.867. The van der Waals surface area contributed by atoms with Crippen LogP contribution in [0.5, 0.6) is 0 Å². The van der Waals surface area contributed by atoms with Crippen molar-refractivity contribution < 1.29 is 14.3 Å². The average molecular weight is 269 g/mol. The van der Waals surface area contributed by atoms with Crippen molar-refractivity contribution in [1.29, 1.82) is 0 Å². The maximum absolute atomic E-state index is 12.3. The summed E-state index contributed by atoms with van der Waals surface area (Å²) in [4.78, 5) is 26.0. The van der Waals surface area contributed by atoms with Crippen LogP contribution in [0.15, 0.2) is 0 Å². The molecule has 1 atom stereocenters. The summed E-state index contributed by atoms with van der Waals surface area (Å²) >= 11 is 0. The van der Waals surface area contributed by atoms with Gasteiger partial charge in [-0.3, -0.25) is 4.79 Å². The van der Waals surface area contributed by atoms with Gasteiger partial charge in [-0.15, -0.1) is 0 Å². The molecule has 4 nitrogen and oxygen atoms in total. The number of rotatable bonds is 1. The molecule has 0 N–H and O–H groups in total. The molecule has 1 fully saturated rings. The monoisotopic (exact) mass is 269 g/mol. The van der Waals surface area contributed by atoms with Gasteiger partial charge in [-0.25, -0.2) is 4.79 Å². The number of hydrogen-bond acceptors (Lipinski definition) is 3. The van der Waals surface area contributed by atoms with E-state index in [0.29, 0.717) is 13.1 Å². The number of ketones is 1. The van der Waals surface area contributed by atoms with Gasteiger partial charge in [0.05, 0.1) is 0 Å². The molecule has 1 rings (SSSR count). The average Bonchev–Trinajstić information content (AvgIpc) is 2.24. The van der Waals surface area contributed by atoms with Crippen molar-refractivity contribution in [3.63, 3.8) is 0 Å². The van der Waals surface area contributed by atoms with Gasteiger partial charge in [0.15, 0.2) is 0 Å². The zero-order chi connectivity index (χ0) is 14.8. The summed E-state index contributed by atoms with van der Waals surface area (Å²) in [5.41, 5.74) is -0.834. The Balaban J connectivity index is 2.65. The highest BCUT2D eigenvalue weighted by molar-refractivity contribution is 5.86. The molecule has 1 amide bonds. The van der Waals surface area contributed by atoms with Crippen molar-refractivity contribution in [2.24, 2.45) is 11.3 Å². The van der Waals surface area contributed by atoms with Gasteiger partial charge in [0.1, 0.15) is 11.4 Å². The third-order valence-corrected chi connectivity index (χ3v) is 3.18. The molecule has 1 saturated heterocycles. The third-order valence-electron chi connectivity index (χ3n) is 3.18. The van der Waals surface area contributed by atoms with Crippen LogP contribution in [0.4, 0.5) is 4.79 Å². The largest absolute Gasteiger partial charge is 0.444 e. The molecular formula is C15H27NO3. The van der Waals surface area contributed by atoms with Crippen LogP contribution in [0.3, 0.4) is 0 Å². The highest BCUT2D eigenvalue weighted by atomic mass is 16.6. The highest BCUT2D eigenvalue weighted by Crippen LogP contribution is 2.27. The van der Waals surface area contributed by atoms with E-state index < -0.39 is 5.60 Å². The number of amides is 1. The third kappa shape index (κ3) is 4.84. The summed E-state index contributed by atoms with van der Waals surface area (Å²) in [6.45, 7) is 12.5. The van der Waals surface area contributed by atoms with E-state index >= 15 is 0 Å². The first-order chi connectivity index (χ1) is 8.50. The maximum Gasteiger partial charge on any atom is 0.410 e. The van der Waals surface area contributed by atoms with Gasteiger partial charge in [-0.1, -0.05) is 20.8 Å². The number of carbonyl (C=O) groups is 2. The molecule has 19 heavy (non-hydrogen) atoms. The Morgan fingerprint density at radius 1 is 1.11 bits per heavy atom. The second-order valence-electron chi connectivity index (χ2n) is 7.38. The van der Waals surface area contributed by atoms with Crippen LogP contribution >= 0.6 is 0 Å². The molecule has 0 unspecified atom stereocenters. The fourth-order valence-electron chi connectivity index (χ4n) is 2.30. The zero-order valence-electron chi connectivity index (χ0n) is 13.1. The first-order valence-corrected chi connectivity index (χ1v) is 7.03. The van der Waals surface area contributed by atoms with Gasteiger partial charge in [-0.2, -0.15) is 0 Å². The second kappa shape index (κ2) is 5.51. The Morgan fingerprint density at radius 3 is 2.16 bits per heavy atom. The second-order valence-corrected chi connectivity index (χ2v) is 7.38. The molecule has 0 radical (unpaired) electrons. The highest BCUT2D eigenvalue weighted by Gasteiger charge is 2.35. The topological polar surface area (TPSA) is 46.6 Å². The fourth-order valence-corrected chi connectivity index (χ4v) is 2.30. The molecule has 4 heteroatoms. The van der Waals surface area contributed by atoms with Crippen LogP contribution < -0.4 is 0 Å². The molecule has 110 valence electrons. The number of nitrogens with zero attached hydrogens (tertiary/aromatic N) is 1. The molecule has 0 spiro atoms. The molecule has 0 bridgehead atoms. The summed E-state index contributed by atoms with van der Waals surface area (Å²) in [5.74, 6) is 0.182. The van der Waals surface area contributed by atoms with Gasteiger partial charge >= 0.3 is 6.09 Å². The lowest BCUT2D eigenvalue weighted by atomic mass is 9.80. The number of hydrogen-bond donors (Lipinski definition) is 0. The standard InChI is InChI=1S/C15H27NO3/c1-14(2,3)12(17)11-8-7-9-16(10-11)13(18)19-15(4,5)6/h11H,7-10H2,1-6H3/t11-/m0/s1. The Labute approximate surface area is 116 Å². The summed E-state index contributed by atoms with van der Waals surface area (Å²) in [6.07, 6.45) is 1.43. The predicted molar refractivity (Wildman–Crippen MR) is 75.0 cm³/mol. The van der Waals surface area contributed by atoms with E-state index in [1.54, 1.807) is 4.90 Å². The van der Waals surface area contributed by atoms with Crippen molar-refractivity contribution in [3.05, 3.63) is 0 Å². The molecule has 1 aliphatic rings. The zero-order valence-corrected chi connectivity index (χ0v) is 13.1. The normalized spacial score (nSPS) is 21.2. The number of carbonyl (C=O) groups excluding carboxylic acids is 2. The van der Waals surface area contributed by atoms with Crippen molar-refractivity contribution in [2.45, 2.75) is 60.0 Å². The minimum atomic E-state index is -0.488. The van der Waals surface area contributed by atoms with Crippen LogP contribution in [0.1, 0.15) is 54.4 Å². The molecular weight excluding hydrogens is 242 g/mol. The quantitative estimate of drug-likeness (QED) is 0.734. The first kappa shape index (κ1) is 16.0. The smallest absolute Gasteiger partial charge is 0.410 e. The Bertz CT molecular complexity index is 349. The van der Waals surface area contributed by atoms with Crippen molar-refractivity contribution in [2.75, 3.05) is 13.1 Å². The minimum Gasteiger partial charge on any atom is -0.444 e. The van der Waals surface area contributed by atoms with Gasteiger partial charge in [-0.05, 0) is 33.6 Å². The van der Waals surface area contributed by atoms with Crippen LogP contribution in [0, 0.1) is 11.3 Å². The van der Waals surface area contributed by atoms with E-state index in [-0.39, 0.29) is 23.2 Å². The summed E-state index contributed by atoms with van der Waals surface area (Å²) in [5, 5.41) is 0. The van der Waals surface area contributed by atoms with Crippen LogP contribution in [0.2, 0.25) is 0 Å². The van der Waals surface area contributed by atoms with Crippen molar-refractivity contribution in [3.8, 4) is 0 Å². The molecule has 0 aromatic heterocycles. The van der Waals surface area contributed by atoms with Gasteiger partial charge < -0.3 is 9.64 Å². The minimum absolute atomic E-state index is 0.0544. The summed E-state index contributed by atoms with van der Waals surface area (Å²) in [7, 11) is 0. The van der Waals surface area contributed by atoms with Gasteiger partial charge in [0.25, 0.3) is 0 Å². The van der Waals surface area contributed by atoms with E-state index in [2.05, 4.69) is 0 Å². The number of Topliss-reactive ketones (excluding diaryl/α,β-unsaturated/α-hetero) is 1. The van der Waals surface area contributed by atoms with Crippen LogP contribution in [0.25, 0.3) is 0 Å². The van der Waals surface area contributed by atoms with Crippen molar-refractivity contribution >= 4 is 11.9 Å². The van der Waals surface area contributed by atoms with E-state index in [1.807, 2.05) is 41.5 Å². The number of ether oxygens (including phenoxy) is 1. The Kier molecular flexibility index (Phi) is 4.64. The van der Waals surface area contributed by atoms with E-state index in [4.69, 9.17) is 4.74 Å². The van der Waals surface area contributed by atoms with E-state index in [1.165, 1.54) is 0 Å². The summed E-state index contributed by atoms with van der Waals surface area (Å²) < 4.78 is 5.37. The number of likely N-dealkylation sites (tertiary alicyclic amines) is 1. The van der Waals surface area contributed by atoms with Crippen LogP contribution in [-0.4, -0.2) is 35.5 Å². The van der Waals surface area contributed by atoms with Gasteiger partial charge in [0.2, 0.25) is 0 Å². The molecule has 0 aromatic carbocycles. The molecule has 1 heterocycles. The number of piperidine rings is 1. The summed E-state index contributed by atoms with van der Waals surface area (Å²) in [6, 6.07) is 0. The lowest BCUT2D eigenvalue weighted by Crippen LogP contribution is -2.46. The van der Waals surface area contributed by atoms with Gasteiger partial charge in [0, 0.05) is 24.4 Å². The Hall–Kier alpha value is -1.06. The maximum atomic E-state index is 12.3. The van der Waals surface area contributed by atoms with Crippen molar-refractivity contribution in [1.82, 2.24) is 4.90 Å². The first-order valence-electron chi connectivity index (χ1n) is 7.03. The SMILES string of the molecule is CC(C)(C)OC(=O)N1CCC[C@H](C(=O)C(C)(C)C)C1. The molecule has 0 saturated carbocycles. The lowest BCUT2D eigenvalue weighted by molar-refractivity contribution is -0.132. The molecule has 0 aromatic rings. The van der Waals surface area contributed by atoms with Crippen LogP contribution in [-0.2, 0) is 9.53 Å². The predicted octanol–water partition coefficient (Wildman–Crippen LogP) is 3.25. The molecule has 0 aliphatic carbocycles. The lowest BCUT2D eigenvalue weighted by Gasteiger charge is -2.35. The van der Waals surface area contributed by atoms with E-state index in [0.717, 1.165) is 12.8 Å².